The van der Waals surface area contributed by atoms with Gasteiger partial charge in [-0.3, -0.25) is 0 Å². The van der Waals surface area contributed by atoms with Gasteiger partial charge in [0.1, 0.15) is 5.82 Å². The molecule has 0 radical (unpaired) electrons. The third-order valence-electron chi connectivity index (χ3n) is 2.41. The van der Waals surface area contributed by atoms with Crippen LogP contribution in [0.15, 0.2) is 22.7 Å². The van der Waals surface area contributed by atoms with Crippen molar-refractivity contribution in [3.63, 3.8) is 0 Å². The van der Waals surface area contributed by atoms with E-state index in [0.29, 0.717) is 22.8 Å². The normalized spacial score (nSPS) is 11.2. The van der Waals surface area contributed by atoms with E-state index in [0.717, 1.165) is 0 Å². The van der Waals surface area contributed by atoms with Gasteiger partial charge in [-0.2, -0.15) is 4.98 Å². The molecule has 1 heterocycles. The van der Waals surface area contributed by atoms with E-state index in [4.69, 9.17) is 10.3 Å². The molecule has 0 amide bonds. The van der Waals surface area contributed by atoms with E-state index >= 15 is 0 Å². The second-order valence-corrected chi connectivity index (χ2v) is 4.61. The molecule has 0 aliphatic heterocycles. The maximum Gasteiger partial charge on any atom is 0.246 e. The van der Waals surface area contributed by atoms with Crippen LogP contribution in [0.4, 0.5) is 4.39 Å². The first-order chi connectivity index (χ1) is 7.88. The third-order valence-corrected chi connectivity index (χ3v) is 2.41. The maximum atomic E-state index is 13.4. The summed E-state index contributed by atoms with van der Waals surface area (Å²) in [6.45, 7) is 5.23. The van der Waals surface area contributed by atoms with Crippen molar-refractivity contribution in [2.45, 2.75) is 26.3 Å². The quantitative estimate of drug-likeness (QED) is 0.912. The first-order valence-corrected chi connectivity index (χ1v) is 5.27. The molecule has 1 aromatic heterocycles. The van der Waals surface area contributed by atoms with Crippen LogP contribution in [0.1, 0.15) is 25.3 Å². The Hall–Kier alpha value is -1.46. The molecule has 0 aliphatic rings. The second-order valence-electron chi connectivity index (χ2n) is 4.61. The zero-order chi connectivity index (χ0) is 12.6. The summed E-state index contributed by atoms with van der Waals surface area (Å²) in [6.07, 6.45) is 0. The minimum absolute atomic E-state index is 0. The van der Waals surface area contributed by atoms with Crippen molar-refractivity contribution >= 4 is 12.4 Å². The van der Waals surface area contributed by atoms with E-state index in [-0.39, 0.29) is 18.2 Å². The molecule has 2 aromatic rings. The lowest BCUT2D eigenvalue weighted by Gasteiger charge is -2.10. The molecular formula is C12H15ClFN3O. The molecular weight excluding hydrogens is 257 g/mol. The fourth-order valence-corrected chi connectivity index (χ4v) is 1.33. The fourth-order valence-electron chi connectivity index (χ4n) is 1.33. The van der Waals surface area contributed by atoms with Gasteiger partial charge in [0.05, 0.1) is 5.54 Å². The zero-order valence-electron chi connectivity index (χ0n) is 10.4. The van der Waals surface area contributed by atoms with Crippen molar-refractivity contribution in [3.05, 3.63) is 35.5 Å². The van der Waals surface area contributed by atoms with E-state index < -0.39 is 5.54 Å². The fraction of sp³-hybridized carbons (Fsp3) is 0.333. The van der Waals surface area contributed by atoms with Crippen LogP contribution in [0, 0.1) is 12.7 Å². The number of hydrogen-bond donors (Lipinski definition) is 1. The molecule has 0 unspecified atom stereocenters. The van der Waals surface area contributed by atoms with Crippen molar-refractivity contribution in [3.8, 4) is 11.4 Å². The summed E-state index contributed by atoms with van der Waals surface area (Å²) in [5.41, 5.74) is 6.29. The van der Waals surface area contributed by atoms with Crippen LogP contribution in [0.3, 0.4) is 0 Å². The number of halogens is 2. The Kier molecular flexibility index (Phi) is 4.09. The Labute approximate surface area is 111 Å². The molecule has 2 N–H and O–H groups in total. The summed E-state index contributed by atoms with van der Waals surface area (Å²) < 4.78 is 18.4. The number of aryl methyl sites for hydroxylation is 1. The second kappa shape index (κ2) is 5.04. The largest absolute Gasteiger partial charge is 0.337 e. The van der Waals surface area contributed by atoms with E-state index in [1.165, 1.54) is 6.07 Å². The SMILES string of the molecule is Cc1ccc(-c2noc(C(C)(C)N)n2)cc1F.Cl. The molecule has 2 rings (SSSR count). The first-order valence-electron chi connectivity index (χ1n) is 5.27. The molecule has 0 fully saturated rings. The van der Waals surface area contributed by atoms with Gasteiger partial charge in [-0.15, -0.1) is 12.4 Å². The lowest BCUT2D eigenvalue weighted by atomic mass is 10.1. The summed E-state index contributed by atoms with van der Waals surface area (Å²) >= 11 is 0. The van der Waals surface area contributed by atoms with Crippen molar-refractivity contribution in [1.82, 2.24) is 10.1 Å². The molecule has 0 spiro atoms. The van der Waals surface area contributed by atoms with E-state index in [2.05, 4.69) is 10.1 Å². The van der Waals surface area contributed by atoms with Crippen molar-refractivity contribution < 1.29 is 8.91 Å². The van der Waals surface area contributed by atoms with Gasteiger partial charge in [0.25, 0.3) is 0 Å². The van der Waals surface area contributed by atoms with Gasteiger partial charge in [-0.05, 0) is 32.4 Å². The lowest BCUT2D eigenvalue weighted by molar-refractivity contribution is 0.312. The van der Waals surface area contributed by atoms with Crippen molar-refractivity contribution in [2.24, 2.45) is 5.73 Å². The number of hydrogen-bond acceptors (Lipinski definition) is 4. The van der Waals surface area contributed by atoms with E-state index in [1.807, 2.05) is 0 Å². The van der Waals surface area contributed by atoms with Crippen molar-refractivity contribution in [2.75, 3.05) is 0 Å². The predicted octanol–water partition coefficient (Wildman–Crippen LogP) is 2.80. The Morgan fingerprint density at radius 2 is 2.00 bits per heavy atom. The van der Waals surface area contributed by atoms with Gasteiger partial charge in [-0.25, -0.2) is 4.39 Å². The minimum atomic E-state index is -0.700. The topological polar surface area (TPSA) is 64.9 Å². The van der Waals surface area contributed by atoms with Crippen LogP contribution in [0.5, 0.6) is 0 Å². The van der Waals surface area contributed by atoms with Gasteiger partial charge in [0.15, 0.2) is 0 Å². The Morgan fingerprint density at radius 1 is 1.33 bits per heavy atom. The maximum absolute atomic E-state index is 13.4. The molecule has 18 heavy (non-hydrogen) atoms. The highest BCUT2D eigenvalue weighted by Crippen LogP contribution is 2.22. The van der Waals surface area contributed by atoms with E-state index in [9.17, 15) is 4.39 Å². The highest BCUT2D eigenvalue weighted by Gasteiger charge is 2.22. The van der Waals surface area contributed by atoms with Gasteiger partial charge >= 0.3 is 0 Å². The number of benzene rings is 1. The highest BCUT2D eigenvalue weighted by molar-refractivity contribution is 5.85. The summed E-state index contributed by atoms with van der Waals surface area (Å²) in [5.74, 6) is 0.381. The molecule has 0 saturated carbocycles. The summed E-state index contributed by atoms with van der Waals surface area (Å²) in [4.78, 5) is 4.15. The molecule has 0 bridgehead atoms. The third kappa shape index (κ3) is 2.86. The van der Waals surface area contributed by atoms with Crippen LogP contribution in [0.2, 0.25) is 0 Å². The molecule has 0 aliphatic carbocycles. The first kappa shape index (κ1) is 14.6. The van der Waals surface area contributed by atoms with Crippen LogP contribution in [-0.4, -0.2) is 10.1 Å². The van der Waals surface area contributed by atoms with Crippen LogP contribution in [0.25, 0.3) is 11.4 Å². The molecule has 1 aromatic carbocycles. The van der Waals surface area contributed by atoms with Gasteiger partial charge < -0.3 is 10.3 Å². The Balaban J connectivity index is 0.00000162. The average molecular weight is 272 g/mol. The summed E-state index contributed by atoms with van der Waals surface area (Å²) in [6, 6.07) is 4.80. The highest BCUT2D eigenvalue weighted by atomic mass is 35.5. The summed E-state index contributed by atoms with van der Waals surface area (Å²) in [7, 11) is 0. The monoisotopic (exact) mass is 271 g/mol. The van der Waals surface area contributed by atoms with Gasteiger partial charge in [0.2, 0.25) is 11.7 Å². The molecule has 0 atom stereocenters. The minimum Gasteiger partial charge on any atom is -0.337 e. The average Bonchev–Trinajstić information content (AvgIpc) is 2.70. The number of aromatic nitrogens is 2. The molecule has 98 valence electrons. The Bertz CT molecular complexity index is 548. The number of nitrogens with two attached hydrogens (primary N) is 1. The molecule has 4 nitrogen and oxygen atoms in total. The smallest absolute Gasteiger partial charge is 0.246 e. The molecule has 6 heteroatoms. The van der Waals surface area contributed by atoms with Gasteiger partial charge in [0, 0.05) is 5.56 Å². The lowest BCUT2D eigenvalue weighted by Crippen LogP contribution is -2.28. The molecule has 0 saturated heterocycles. The standard InChI is InChI=1S/C12H14FN3O.ClH/c1-7-4-5-8(6-9(7)13)10-15-11(17-16-10)12(2,3)14;/h4-6H,14H2,1-3H3;1H. The summed E-state index contributed by atoms with van der Waals surface area (Å²) in [5, 5.41) is 3.79. The van der Waals surface area contributed by atoms with Crippen LogP contribution < -0.4 is 5.73 Å². The predicted molar refractivity (Wildman–Crippen MR) is 68.9 cm³/mol. The van der Waals surface area contributed by atoms with Crippen LogP contribution in [-0.2, 0) is 5.54 Å². The van der Waals surface area contributed by atoms with Crippen LogP contribution >= 0.6 is 12.4 Å². The number of rotatable bonds is 2. The zero-order valence-corrected chi connectivity index (χ0v) is 11.2. The Morgan fingerprint density at radius 3 is 2.50 bits per heavy atom. The van der Waals surface area contributed by atoms with E-state index in [1.54, 1.807) is 32.9 Å². The van der Waals surface area contributed by atoms with Gasteiger partial charge in [-0.1, -0.05) is 17.3 Å². The van der Waals surface area contributed by atoms with Crippen molar-refractivity contribution in [1.29, 1.82) is 0 Å². The number of nitrogens with zero attached hydrogens (tertiary/aromatic N) is 2.